The lowest BCUT2D eigenvalue weighted by Crippen LogP contribution is -2.16. The fourth-order valence-corrected chi connectivity index (χ4v) is 2.98. The lowest BCUT2D eigenvalue weighted by atomic mass is 10.2. The molecule has 4 N–H and O–H groups in total. The highest BCUT2D eigenvalue weighted by Gasteiger charge is 2.12. The van der Waals surface area contributed by atoms with Crippen molar-refractivity contribution in [2.45, 2.75) is 5.16 Å². The van der Waals surface area contributed by atoms with Crippen LogP contribution < -0.4 is 21.3 Å². The molecule has 0 radical (unpaired) electrons. The Morgan fingerprint density at radius 3 is 2.86 bits per heavy atom. The molecule has 3 rings (SSSR count). The van der Waals surface area contributed by atoms with Crippen LogP contribution in [0.3, 0.4) is 0 Å². The smallest absolute Gasteiger partial charge is 0.264 e. The number of anilines is 2. The van der Waals surface area contributed by atoms with Gasteiger partial charge in [0.15, 0.2) is 0 Å². The van der Waals surface area contributed by atoms with E-state index < -0.39 is 0 Å². The first-order chi connectivity index (χ1) is 14.0. The van der Waals surface area contributed by atoms with E-state index in [9.17, 15) is 4.79 Å². The van der Waals surface area contributed by atoms with E-state index in [0.29, 0.717) is 21.6 Å². The Bertz CT molecular complexity index is 1010. The molecule has 0 atom stereocenters. The minimum atomic E-state index is -0.207. The van der Waals surface area contributed by atoms with Crippen LogP contribution in [0, 0.1) is 0 Å². The maximum absolute atomic E-state index is 12.1. The number of thioether (sulfide) groups is 1. The minimum Gasteiger partial charge on any atom is -0.497 e. The Balaban J connectivity index is 1.52. The molecule has 0 unspecified atom stereocenters. The van der Waals surface area contributed by atoms with Crippen LogP contribution in [-0.4, -0.2) is 39.9 Å². The fraction of sp³-hybridized carbons (Fsp3) is 0.111. The molecule has 0 bridgehead atoms. The molecule has 29 heavy (non-hydrogen) atoms. The number of rotatable bonds is 8. The lowest BCUT2D eigenvalue weighted by molar-refractivity contribution is -0.113. The molecule has 0 saturated carbocycles. The van der Waals surface area contributed by atoms with Gasteiger partial charge in [0.05, 0.1) is 19.1 Å². The van der Waals surface area contributed by atoms with Crippen molar-refractivity contribution in [1.29, 1.82) is 0 Å². The number of carbonyl (C=O) groups is 1. The minimum absolute atomic E-state index is 0.112. The summed E-state index contributed by atoms with van der Waals surface area (Å²) in [4.78, 5) is 12.1. The van der Waals surface area contributed by atoms with Crippen LogP contribution >= 0.6 is 23.4 Å². The first-order valence-electron chi connectivity index (χ1n) is 8.37. The van der Waals surface area contributed by atoms with Gasteiger partial charge in [0, 0.05) is 16.8 Å². The second-order valence-corrected chi connectivity index (χ2v) is 7.05. The Morgan fingerprint density at radius 1 is 1.31 bits per heavy atom. The number of nitrogens with zero attached hydrogens (tertiary/aromatic N) is 4. The zero-order chi connectivity index (χ0) is 20.6. The average molecular weight is 432 g/mol. The van der Waals surface area contributed by atoms with E-state index in [1.54, 1.807) is 49.7 Å². The van der Waals surface area contributed by atoms with Crippen molar-refractivity contribution in [3.63, 3.8) is 0 Å². The van der Waals surface area contributed by atoms with Crippen LogP contribution in [0.15, 0.2) is 58.8 Å². The Hall–Kier alpha value is -3.24. The van der Waals surface area contributed by atoms with Crippen molar-refractivity contribution in [3.05, 3.63) is 59.1 Å². The third kappa shape index (κ3) is 5.87. The summed E-state index contributed by atoms with van der Waals surface area (Å²) in [6.07, 6.45) is 1.60. The van der Waals surface area contributed by atoms with Crippen molar-refractivity contribution in [2.24, 2.45) is 5.10 Å². The number of halogens is 1. The number of amides is 1. The molecule has 0 aliphatic rings. The zero-order valence-corrected chi connectivity index (χ0v) is 16.9. The van der Waals surface area contributed by atoms with E-state index >= 15 is 0 Å². The summed E-state index contributed by atoms with van der Waals surface area (Å²) in [5.74, 6) is 6.75. The third-order valence-corrected chi connectivity index (χ3v) is 4.79. The van der Waals surface area contributed by atoms with Crippen molar-refractivity contribution in [1.82, 2.24) is 14.9 Å². The van der Waals surface area contributed by atoms with Crippen LogP contribution in [-0.2, 0) is 4.79 Å². The summed E-state index contributed by atoms with van der Waals surface area (Å²) in [5, 5.41) is 15.7. The van der Waals surface area contributed by atoms with E-state index in [4.69, 9.17) is 22.2 Å². The first-order valence-corrected chi connectivity index (χ1v) is 9.73. The molecular formula is C18H18ClN7O2S. The molecule has 1 heterocycles. The van der Waals surface area contributed by atoms with E-state index in [0.717, 1.165) is 17.3 Å². The van der Waals surface area contributed by atoms with Crippen molar-refractivity contribution in [3.8, 4) is 5.75 Å². The van der Waals surface area contributed by atoms with Gasteiger partial charge in [0.25, 0.3) is 5.95 Å². The van der Waals surface area contributed by atoms with Crippen LogP contribution in [0.5, 0.6) is 5.75 Å². The Kier molecular flexibility index (Phi) is 6.93. The SMILES string of the molecule is COc1cccc(NC(=O)CSc2nnc(N/N=C/c3ccc(Cl)cc3)n2N)c1. The number of carbonyl (C=O) groups excluding carboxylic acids is 1. The monoisotopic (exact) mass is 431 g/mol. The molecule has 0 aliphatic carbocycles. The van der Waals surface area contributed by atoms with Gasteiger partial charge in [0.1, 0.15) is 5.75 Å². The Labute approximate surface area is 176 Å². The molecule has 11 heteroatoms. The maximum Gasteiger partial charge on any atom is 0.264 e. The van der Waals surface area contributed by atoms with E-state index in [1.807, 2.05) is 12.1 Å². The molecule has 0 fully saturated rings. The summed E-state index contributed by atoms with van der Waals surface area (Å²) in [6.45, 7) is 0. The number of nitrogen functional groups attached to an aromatic ring is 1. The number of methoxy groups -OCH3 is 1. The van der Waals surface area contributed by atoms with E-state index in [-0.39, 0.29) is 17.6 Å². The second-order valence-electron chi connectivity index (χ2n) is 5.67. The third-order valence-electron chi connectivity index (χ3n) is 3.60. The first kappa shape index (κ1) is 20.5. The normalized spacial score (nSPS) is 10.8. The average Bonchev–Trinajstić information content (AvgIpc) is 3.07. The second kappa shape index (κ2) is 9.80. The molecule has 150 valence electrons. The standard InChI is InChI=1S/C18H18ClN7O2S/c1-28-15-4-2-3-14(9-15)22-16(27)11-29-18-25-24-17(26(18)20)23-21-10-12-5-7-13(19)8-6-12/h2-10H,11,20H2,1H3,(H,22,27)(H,23,24)/b21-10+. The van der Waals surface area contributed by atoms with E-state index in [2.05, 4.69) is 26.0 Å². The van der Waals surface area contributed by atoms with Gasteiger partial charge in [-0.15, -0.1) is 10.2 Å². The number of hydrazone groups is 1. The van der Waals surface area contributed by atoms with Gasteiger partial charge in [-0.2, -0.15) is 5.10 Å². The number of ether oxygens (including phenoxy) is 1. The van der Waals surface area contributed by atoms with Crippen LogP contribution in [0.2, 0.25) is 5.02 Å². The van der Waals surface area contributed by atoms with Gasteiger partial charge in [-0.25, -0.2) is 10.1 Å². The van der Waals surface area contributed by atoms with E-state index in [1.165, 1.54) is 4.68 Å². The summed E-state index contributed by atoms with van der Waals surface area (Å²) >= 11 is 6.99. The van der Waals surface area contributed by atoms with Gasteiger partial charge in [0.2, 0.25) is 11.1 Å². The molecule has 1 aromatic heterocycles. The molecule has 1 amide bonds. The molecular weight excluding hydrogens is 414 g/mol. The van der Waals surface area contributed by atoms with Gasteiger partial charge in [-0.1, -0.05) is 41.6 Å². The van der Waals surface area contributed by atoms with Crippen LogP contribution in [0.25, 0.3) is 0 Å². The van der Waals surface area contributed by atoms with Gasteiger partial charge < -0.3 is 15.9 Å². The molecule has 2 aromatic carbocycles. The largest absolute Gasteiger partial charge is 0.497 e. The number of benzene rings is 2. The predicted octanol–water partition coefficient (Wildman–Crippen LogP) is 2.83. The van der Waals surface area contributed by atoms with Crippen molar-refractivity contribution >= 4 is 47.1 Å². The number of nitrogens with two attached hydrogens (primary N) is 1. The molecule has 9 nitrogen and oxygen atoms in total. The summed E-state index contributed by atoms with van der Waals surface area (Å²) in [6, 6.07) is 14.3. The number of aromatic nitrogens is 3. The van der Waals surface area contributed by atoms with Crippen LogP contribution in [0.1, 0.15) is 5.56 Å². The highest BCUT2D eigenvalue weighted by atomic mass is 35.5. The lowest BCUT2D eigenvalue weighted by Gasteiger charge is -2.07. The molecule has 0 aliphatic heterocycles. The summed E-state index contributed by atoms with van der Waals surface area (Å²) in [7, 11) is 1.57. The zero-order valence-electron chi connectivity index (χ0n) is 15.4. The highest BCUT2D eigenvalue weighted by Crippen LogP contribution is 2.19. The predicted molar refractivity (Wildman–Crippen MR) is 115 cm³/mol. The maximum atomic E-state index is 12.1. The van der Waals surface area contributed by atoms with Crippen LogP contribution in [0.4, 0.5) is 11.6 Å². The number of nitrogens with one attached hydrogen (secondary N) is 2. The Morgan fingerprint density at radius 2 is 2.10 bits per heavy atom. The van der Waals surface area contributed by atoms with Gasteiger partial charge in [-0.05, 0) is 29.8 Å². The molecule has 0 saturated heterocycles. The number of hydrogen-bond donors (Lipinski definition) is 3. The molecule has 3 aromatic rings. The topological polar surface area (TPSA) is 119 Å². The number of hydrogen-bond acceptors (Lipinski definition) is 8. The highest BCUT2D eigenvalue weighted by molar-refractivity contribution is 7.99. The summed E-state index contributed by atoms with van der Waals surface area (Å²) < 4.78 is 6.36. The summed E-state index contributed by atoms with van der Waals surface area (Å²) in [5.41, 5.74) is 4.21. The van der Waals surface area contributed by atoms with Gasteiger partial charge in [-0.3, -0.25) is 4.79 Å². The van der Waals surface area contributed by atoms with Crippen molar-refractivity contribution < 1.29 is 9.53 Å². The quantitative estimate of drug-likeness (QED) is 0.217. The van der Waals surface area contributed by atoms with Crippen molar-refractivity contribution in [2.75, 3.05) is 29.4 Å². The fourth-order valence-electron chi connectivity index (χ4n) is 2.19. The molecule has 0 spiro atoms. The van der Waals surface area contributed by atoms with Gasteiger partial charge >= 0.3 is 0 Å².